The van der Waals surface area contributed by atoms with Gasteiger partial charge in [0, 0.05) is 0 Å². The fourth-order valence-corrected chi connectivity index (χ4v) is 1.25. The predicted molar refractivity (Wildman–Crippen MR) is 41.0 cm³/mol. The minimum Gasteiger partial charge on any atom is -0.459 e. The summed E-state index contributed by atoms with van der Waals surface area (Å²) in [6.45, 7) is -1.36. The van der Waals surface area contributed by atoms with Crippen molar-refractivity contribution in [2.75, 3.05) is 6.61 Å². The number of nitrogens with zero attached hydrogens (tertiary/aromatic N) is 2. The molecular weight excluding hydrogens is 229 g/mol. The molecule has 0 atom stereocenters. The summed E-state index contributed by atoms with van der Waals surface area (Å²) in [5.41, 5.74) is 0. The average Bonchev–Trinajstić information content (AvgIpc) is 2.47. The highest BCUT2D eigenvalue weighted by molar-refractivity contribution is 7.13. The summed E-state index contributed by atoms with van der Waals surface area (Å²) in [5.74, 6) is 0.118. The van der Waals surface area contributed by atoms with Gasteiger partial charge in [0.2, 0.25) is 0 Å². The number of halogens is 4. The molecule has 0 aliphatic rings. The van der Waals surface area contributed by atoms with E-state index in [1.54, 1.807) is 0 Å². The van der Waals surface area contributed by atoms with Gasteiger partial charge >= 0.3 is 6.18 Å². The Kier molecular flexibility index (Phi) is 3.32. The van der Waals surface area contributed by atoms with Crippen molar-refractivity contribution in [2.24, 2.45) is 0 Å². The summed E-state index contributed by atoms with van der Waals surface area (Å²) in [7, 11) is 0. The third kappa shape index (κ3) is 3.77. The Morgan fingerprint density at radius 3 is 2.54 bits per heavy atom. The van der Waals surface area contributed by atoms with Crippen molar-refractivity contribution in [3.05, 3.63) is 5.01 Å². The fourth-order valence-electron chi connectivity index (χ4n) is 0.494. The highest BCUT2D eigenvalue weighted by atomic mass is 35.5. The molecule has 1 heterocycles. The molecular formula is C5H4ClF3N2OS. The molecule has 1 aromatic heterocycles. The number of ether oxygens (including phenoxy) is 1. The topological polar surface area (TPSA) is 35.0 Å². The first-order chi connectivity index (χ1) is 6.01. The van der Waals surface area contributed by atoms with Gasteiger partial charge in [0.05, 0.1) is 5.88 Å². The van der Waals surface area contributed by atoms with Gasteiger partial charge in [-0.05, 0) is 0 Å². The Morgan fingerprint density at radius 2 is 2.08 bits per heavy atom. The van der Waals surface area contributed by atoms with Crippen molar-refractivity contribution in [2.45, 2.75) is 12.1 Å². The average molecular weight is 233 g/mol. The number of alkyl halides is 4. The van der Waals surface area contributed by atoms with E-state index in [9.17, 15) is 13.2 Å². The van der Waals surface area contributed by atoms with Crippen LogP contribution in [0.4, 0.5) is 13.2 Å². The molecule has 8 heteroatoms. The minimum absolute atomic E-state index is 0.118. The zero-order chi connectivity index (χ0) is 9.90. The molecule has 3 nitrogen and oxygen atoms in total. The lowest BCUT2D eigenvalue weighted by atomic mass is 10.7. The smallest absolute Gasteiger partial charge is 0.422 e. The van der Waals surface area contributed by atoms with Crippen LogP contribution in [-0.4, -0.2) is 23.0 Å². The van der Waals surface area contributed by atoms with Crippen LogP contribution >= 0.6 is 22.9 Å². The molecule has 0 N–H and O–H groups in total. The second-order valence-corrected chi connectivity index (χ2v) is 3.29. The van der Waals surface area contributed by atoms with E-state index in [1.165, 1.54) is 0 Å². The number of hydrogen-bond donors (Lipinski definition) is 0. The Balaban J connectivity index is 2.46. The molecule has 0 bridgehead atoms. The number of hydrogen-bond acceptors (Lipinski definition) is 4. The Morgan fingerprint density at radius 1 is 1.38 bits per heavy atom. The van der Waals surface area contributed by atoms with Crippen molar-refractivity contribution in [3.63, 3.8) is 0 Å². The summed E-state index contributed by atoms with van der Waals surface area (Å²) in [6, 6.07) is 0. The number of aromatic nitrogens is 2. The quantitative estimate of drug-likeness (QED) is 0.750. The van der Waals surface area contributed by atoms with E-state index in [0.29, 0.717) is 5.01 Å². The van der Waals surface area contributed by atoms with Gasteiger partial charge in [-0.1, -0.05) is 11.3 Å². The third-order valence-corrected chi connectivity index (χ3v) is 2.17. The van der Waals surface area contributed by atoms with E-state index < -0.39 is 12.8 Å². The standard InChI is InChI=1S/C5H4ClF3N2OS/c6-1-3-10-11-4(13-3)12-2-5(7,8)9/h1-2H2. The van der Waals surface area contributed by atoms with Gasteiger partial charge in [-0.3, -0.25) is 0 Å². The molecule has 74 valence electrons. The zero-order valence-electron chi connectivity index (χ0n) is 6.14. The van der Waals surface area contributed by atoms with Crippen molar-refractivity contribution in [3.8, 4) is 5.19 Å². The van der Waals surface area contributed by atoms with Crippen LogP contribution in [0.5, 0.6) is 5.19 Å². The Bertz CT molecular complexity index is 277. The lowest BCUT2D eigenvalue weighted by Crippen LogP contribution is -2.19. The summed E-state index contributed by atoms with van der Waals surface area (Å²) in [4.78, 5) is 0. The van der Waals surface area contributed by atoms with E-state index in [-0.39, 0.29) is 11.1 Å². The van der Waals surface area contributed by atoms with Crippen molar-refractivity contribution >= 4 is 22.9 Å². The molecule has 0 aromatic carbocycles. The molecule has 0 amide bonds. The summed E-state index contributed by atoms with van der Waals surface area (Å²) >= 11 is 6.26. The predicted octanol–water partition coefficient (Wildman–Crippen LogP) is 2.22. The minimum atomic E-state index is -4.35. The molecule has 13 heavy (non-hydrogen) atoms. The summed E-state index contributed by atoms with van der Waals surface area (Å²) in [5, 5.41) is 7.14. The molecule has 0 aliphatic heterocycles. The molecule has 0 radical (unpaired) electrons. The van der Waals surface area contributed by atoms with Gasteiger partial charge in [-0.25, -0.2) is 0 Å². The molecule has 1 aromatic rings. The molecule has 0 fully saturated rings. The molecule has 0 saturated heterocycles. The highest BCUT2D eigenvalue weighted by Gasteiger charge is 2.29. The first kappa shape index (κ1) is 10.5. The normalized spacial score (nSPS) is 11.7. The molecule has 0 saturated carbocycles. The van der Waals surface area contributed by atoms with Gasteiger partial charge in [0.15, 0.2) is 6.61 Å². The SMILES string of the molecule is FC(F)(F)COc1nnc(CCl)s1. The molecule has 0 unspecified atom stereocenters. The van der Waals surface area contributed by atoms with Crippen LogP contribution in [0.2, 0.25) is 0 Å². The van der Waals surface area contributed by atoms with Crippen molar-refractivity contribution in [1.82, 2.24) is 10.2 Å². The van der Waals surface area contributed by atoms with E-state index in [1.807, 2.05) is 0 Å². The van der Waals surface area contributed by atoms with Gasteiger partial charge in [0.1, 0.15) is 5.01 Å². The molecule has 0 spiro atoms. The highest BCUT2D eigenvalue weighted by Crippen LogP contribution is 2.22. The maximum Gasteiger partial charge on any atom is 0.422 e. The second kappa shape index (κ2) is 4.10. The maximum absolute atomic E-state index is 11.6. The van der Waals surface area contributed by atoms with Gasteiger partial charge in [-0.15, -0.1) is 21.8 Å². The second-order valence-electron chi connectivity index (χ2n) is 2.00. The molecule has 0 aliphatic carbocycles. The van der Waals surface area contributed by atoms with Crippen LogP contribution in [0.15, 0.2) is 0 Å². The van der Waals surface area contributed by atoms with Crippen LogP contribution in [0, 0.1) is 0 Å². The van der Waals surface area contributed by atoms with Gasteiger partial charge < -0.3 is 4.74 Å². The lowest BCUT2D eigenvalue weighted by molar-refractivity contribution is -0.153. The van der Waals surface area contributed by atoms with Gasteiger partial charge in [-0.2, -0.15) is 13.2 Å². The van der Waals surface area contributed by atoms with Crippen LogP contribution in [0.25, 0.3) is 0 Å². The lowest BCUT2D eigenvalue weighted by Gasteiger charge is -2.04. The fraction of sp³-hybridized carbons (Fsp3) is 0.600. The van der Waals surface area contributed by atoms with E-state index in [0.717, 1.165) is 11.3 Å². The van der Waals surface area contributed by atoms with Gasteiger partial charge in [0.25, 0.3) is 5.19 Å². The van der Waals surface area contributed by atoms with Crippen LogP contribution in [0.3, 0.4) is 0 Å². The maximum atomic E-state index is 11.6. The zero-order valence-corrected chi connectivity index (χ0v) is 7.71. The van der Waals surface area contributed by atoms with E-state index in [4.69, 9.17) is 11.6 Å². The van der Waals surface area contributed by atoms with Crippen LogP contribution in [0.1, 0.15) is 5.01 Å². The largest absolute Gasteiger partial charge is 0.459 e. The van der Waals surface area contributed by atoms with E-state index in [2.05, 4.69) is 14.9 Å². The summed E-state index contributed by atoms with van der Waals surface area (Å²) in [6.07, 6.45) is -4.35. The van der Waals surface area contributed by atoms with Crippen LogP contribution in [-0.2, 0) is 5.88 Å². The summed E-state index contributed by atoms with van der Waals surface area (Å²) < 4.78 is 39.2. The molecule has 1 rings (SSSR count). The monoisotopic (exact) mass is 232 g/mol. The van der Waals surface area contributed by atoms with E-state index >= 15 is 0 Å². The Labute approximate surface area is 80.5 Å². The van der Waals surface area contributed by atoms with Crippen LogP contribution < -0.4 is 4.74 Å². The number of rotatable bonds is 3. The first-order valence-electron chi connectivity index (χ1n) is 3.09. The Hall–Kier alpha value is -0.560. The third-order valence-electron chi connectivity index (χ3n) is 0.922. The van der Waals surface area contributed by atoms with Crippen molar-refractivity contribution < 1.29 is 17.9 Å². The first-order valence-corrected chi connectivity index (χ1v) is 4.44. The van der Waals surface area contributed by atoms with Crippen molar-refractivity contribution in [1.29, 1.82) is 0 Å².